The molecule has 1 heterocycles. The van der Waals surface area contributed by atoms with Crippen molar-refractivity contribution in [2.75, 3.05) is 0 Å². The maximum Gasteiger partial charge on any atom is 0.418 e. The van der Waals surface area contributed by atoms with Crippen molar-refractivity contribution >= 4 is 34.8 Å². The second-order valence-corrected chi connectivity index (χ2v) is 5.57. The number of alkyl halides is 6. The number of aromatic nitrogens is 1. The van der Waals surface area contributed by atoms with Gasteiger partial charge in [0.25, 0.3) is 0 Å². The van der Waals surface area contributed by atoms with Crippen LogP contribution in [0.25, 0.3) is 11.1 Å². The van der Waals surface area contributed by atoms with Crippen molar-refractivity contribution in [3.8, 4) is 11.1 Å². The average Bonchev–Trinajstić information content (AvgIpc) is 2.40. The van der Waals surface area contributed by atoms with Crippen molar-refractivity contribution in [1.82, 2.24) is 4.98 Å². The highest BCUT2D eigenvalue weighted by atomic mass is 35.5. The molecular formula is C13H4Cl3F6N. The van der Waals surface area contributed by atoms with Gasteiger partial charge in [-0.25, -0.2) is 0 Å². The van der Waals surface area contributed by atoms with Gasteiger partial charge < -0.3 is 0 Å². The summed E-state index contributed by atoms with van der Waals surface area (Å²) in [7, 11) is 0. The van der Waals surface area contributed by atoms with Crippen molar-refractivity contribution in [3.05, 3.63) is 50.7 Å². The molecular weight excluding hydrogens is 390 g/mol. The maximum absolute atomic E-state index is 13.2. The van der Waals surface area contributed by atoms with E-state index in [4.69, 9.17) is 34.8 Å². The van der Waals surface area contributed by atoms with Gasteiger partial charge in [-0.1, -0.05) is 34.8 Å². The zero-order chi connectivity index (χ0) is 17.6. The highest BCUT2D eigenvalue weighted by Crippen LogP contribution is 2.46. The first kappa shape index (κ1) is 18.2. The average molecular weight is 395 g/mol. The monoisotopic (exact) mass is 393 g/mol. The molecule has 0 N–H and O–H groups in total. The third-order valence-corrected chi connectivity index (χ3v) is 3.87. The zero-order valence-corrected chi connectivity index (χ0v) is 12.9. The van der Waals surface area contributed by atoms with E-state index in [2.05, 4.69) is 4.98 Å². The second-order valence-electron chi connectivity index (χ2n) is 4.35. The summed E-state index contributed by atoms with van der Waals surface area (Å²) in [5, 5.41) is -0.489. The van der Waals surface area contributed by atoms with E-state index < -0.39 is 29.0 Å². The summed E-state index contributed by atoms with van der Waals surface area (Å²) in [5.41, 5.74) is -4.99. The fourth-order valence-electron chi connectivity index (χ4n) is 1.91. The maximum atomic E-state index is 13.2. The second kappa shape index (κ2) is 6.03. The molecule has 23 heavy (non-hydrogen) atoms. The van der Waals surface area contributed by atoms with Gasteiger partial charge in [0.2, 0.25) is 0 Å². The van der Waals surface area contributed by atoms with E-state index in [0.717, 1.165) is 12.1 Å². The number of pyridine rings is 1. The van der Waals surface area contributed by atoms with Crippen molar-refractivity contribution in [1.29, 1.82) is 0 Å². The predicted molar refractivity (Wildman–Crippen MR) is 74.7 cm³/mol. The van der Waals surface area contributed by atoms with Crippen LogP contribution in [0.4, 0.5) is 26.3 Å². The van der Waals surface area contributed by atoms with Crippen LogP contribution in [-0.4, -0.2) is 4.98 Å². The Labute approximate surface area is 140 Å². The SMILES string of the molecule is FC(F)(F)c1cncc(-c2cc(Cl)c(Cl)cc2Cl)c1C(F)(F)F. The zero-order valence-electron chi connectivity index (χ0n) is 10.7. The van der Waals surface area contributed by atoms with Crippen molar-refractivity contribution < 1.29 is 26.3 Å². The lowest BCUT2D eigenvalue weighted by molar-refractivity contribution is -0.161. The highest BCUT2D eigenvalue weighted by Gasteiger charge is 2.45. The normalized spacial score (nSPS) is 12.6. The Hall–Kier alpha value is -1.18. The van der Waals surface area contributed by atoms with E-state index in [0.29, 0.717) is 6.20 Å². The van der Waals surface area contributed by atoms with Crippen LogP contribution in [0.3, 0.4) is 0 Å². The van der Waals surface area contributed by atoms with E-state index in [9.17, 15) is 26.3 Å². The van der Waals surface area contributed by atoms with Gasteiger partial charge in [0.05, 0.1) is 26.2 Å². The molecule has 0 atom stereocenters. The van der Waals surface area contributed by atoms with Gasteiger partial charge in [-0.05, 0) is 12.1 Å². The van der Waals surface area contributed by atoms with Crippen LogP contribution >= 0.6 is 34.8 Å². The standard InChI is InChI=1S/C13H4Cl3F6N/c14-8-2-10(16)9(15)1-5(8)6-3-23-4-7(12(17,18)19)11(6)13(20,21)22/h1-4H. The lowest BCUT2D eigenvalue weighted by Crippen LogP contribution is -2.18. The molecule has 1 aromatic carbocycles. The van der Waals surface area contributed by atoms with Crippen LogP contribution in [0.5, 0.6) is 0 Å². The van der Waals surface area contributed by atoms with Crippen LogP contribution in [0.1, 0.15) is 11.1 Å². The Morgan fingerprint density at radius 1 is 0.696 bits per heavy atom. The molecule has 0 amide bonds. The first-order valence-corrected chi connectivity index (χ1v) is 6.83. The lowest BCUT2D eigenvalue weighted by Gasteiger charge is -2.19. The van der Waals surface area contributed by atoms with E-state index in [1.165, 1.54) is 0 Å². The van der Waals surface area contributed by atoms with Crippen LogP contribution in [-0.2, 0) is 12.4 Å². The topological polar surface area (TPSA) is 12.9 Å². The number of nitrogens with zero attached hydrogens (tertiary/aromatic N) is 1. The quantitative estimate of drug-likeness (QED) is 0.385. The van der Waals surface area contributed by atoms with E-state index in [1.807, 2.05) is 0 Å². The minimum absolute atomic E-state index is 0.0473. The summed E-state index contributed by atoms with van der Waals surface area (Å²) in [5.74, 6) is 0. The van der Waals surface area contributed by atoms with Gasteiger partial charge >= 0.3 is 12.4 Å². The van der Waals surface area contributed by atoms with Crippen LogP contribution in [0, 0.1) is 0 Å². The fourth-order valence-corrected chi connectivity index (χ4v) is 2.56. The number of rotatable bonds is 1. The Bertz CT molecular complexity index is 755. The van der Waals surface area contributed by atoms with Gasteiger partial charge in [0, 0.05) is 23.5 Å². The van der Waals surface area contributed by atoms with Gasteiger partial charge in [-0.15, -0.1) is 0 Å². The summed E-state index contributed by atoms with van der Waals surface area (Å²) in [6.07, 6.45) is -9.77. The predicted octanol–water partition coefficient (Wildman–Crippen LogP) is 6.75. The third-order valence-electron chi connectivity index (χ3n) is 2.83. The molecule has 1 aromatic heterocycles. The minimum Gasteiger partial charge on any atom is -0.263 e. The minimum atomic E-state index is -5.28. The molecule has 0 spiro atoms. The van der Waals surface area contributed by atoms with E-state index in [-0.39, 0.29) is 26.8 Å². The highest BCUT2D eigenvalue weighted by molar-refractivity contribution is 6.44. The summed E-state index contributed by atoms with van der Waals surface area (Å²) >= 11 is 17.2. The molecule has 2 aromatic rings. The summed E-state index contributed by atoms with van der Waals surface area (Å²) in [4.78, 5) is 3.24. The fraction of sp³-hybridized carbons (Fsp3) is 0.154. The molecule has 0 radical (unpaired) electrons. The van der Waals surface area contributed by atoms with Crippen LogP contribution in [0.2, 0.25) is 15.1 Å². The van der Waals surface area contributed by atoms with Crippen molar-refractivity contribution in [2.45, 2.75) is 12.4 Å². The van der Waals surface area contributed by atoms with Gasteiger partial charge in [-0.3, -0.25) is 4.98 Å². The van der Waals surface area contributed by atoms with Crippen molar-refractivity contribution in [2.24, 2.45) is 0 Å². The van der Waals surface area contributed by atoms with Gasteiger partial charge in [-0.2, -0.15) is 26.3 Å². The Morgan fingerprint density at radius 3 is 1.78 bits per heavy atom. The number of hydrogen-bond acceptors (Lipinski definition) is 1. The molecule has 2 rings (SSSR count). The lowest BCUT2D eigenvalue weighted by atomic mass is 9.97. The summed E-state index contributed by atoms with van der Waals surface area (Å²) in [6.45, 7) is 0. The number of halogens is 9. The van der Waals surface area contributed by atoms with Crippen LogP contribution < -0.4 is 0 Å². The molecule has 0 saturated heterocycles. The molecule has 0 unspecified atom stereocenters. The van der Waals surface area contributed by atoms with Gasteiger partial charge in [0.1, 0.15) is 0 Å². The van der Waals surface area contributed by atoms with E-state index >= 15 is 0 Å². The molecule has 1 nitrogen and oxygen atoms in total. The smallest absolute Gasteiger partial charge is 0.263 e. The van der Waals surface area contributed by atoms with Crippen molar-refractivity contribution in [3.63, 3.8) is 0 Å². The molecule has 0 bridgehead atoms. The first-order chi connectivity index (χ1) is 10.4. The third kappa shape index (κ3) is 3.67. The molecule has 124 valence electrons. The summed E-state index contributed by atoms with van der Waals surface area (Å²) < 4.78 is 78.3. The van der Waals surface area contributed by atoms with E-state index in [1.54, 1.807) is 0 Å². The van der Waals surface area contributed by atoms with Crippen LogP contribution in [0.15, 0.2) is 24.5 Å². The summed E-state index contributed by atoms with van der Waals surface area (Å²) in [6, 6.07) is 2.00. The largest absolute Gasteiger partial charge is 0.418 e. The Morgan fingerprint density at radius 2 is 1.26 bits per heavy atom. The Kier molecular flexibility index (Phi) is 4.76. The molecule has 0 aliphatic heterocycles. The number of hydrogen-bond donors (Lipinski definition) is 0. The molecule has 0 saturated carbocycles. The molecule has 0 aliphatic rings. The first-order valence-electron chi connectivity index (χ1n) is 5.70. The molecule has 10 heteroatoms. The molecule has 0 aliphatic carbocycles. The van der Waals surface area contributed by atoms with Gasteiger partial charge in [0.15, 0.2) is 0 Å². The molecule has 0 fully saturated rings. The number of benzene rings is 1. The Balaban J connectivity index is 2.86.